The van der Waals surface area contributed by atoms with E-state index in [0.29, 0.717) is 79.0 Å². The molecule has 0 atom stereocenters. The van der Waals surface area contributed by atoms with Gasteiger partial charge in [0, 0.05) is 90.0 Å². The number of rotatable bonds is 10. The molecular formula is C43H48F3N9O4. The van der Waals surface area contributed by atoms with Crippen LogP contribution in [0, 0.1) is 23.4 Å². The number of hydrogen-bond donors (Lipinski definition) is 3. The first kappa shape index (κ1) is 41.2. The van der Waals surface area contributed by atoms with Gasteiger partial charge >= 0.3 is 0 Å². The lowest BCUT2D eigenvalue weighted by Crippen LogP contribution is -2.55. The average Bonchev–Trinajstić information content (AvgIpc) is 3.25. The van der Waals surface area contributed by atoms with Gasteiger partial charge in [-0.3, -0.25) is 24.1 Å². The van der Waals surface area contributed by atoms with Gasteiger partial charge < -0.3 is 31.1 Å². The molecule has 3 aliphatic heterocycles. The van der Waals surface area contributed by atoms with E-state index in [2.05, 4.69) is 20.0 Å². The SMILES string of the molecule is N/C=C\C(=C/N)c1cc(F)c(C(=O)N2CCC(CN3CCN(CC(=O)N4CCN(C(=O)c5cc(Cc6n[nH]c(=O)c7ccccc67)ccc5F)CC4)CC3)CC2)c(F)c1. The van der Waals surface area contributed by atoms with Crippen LogP contribution in [0.1, 0.15) is 50.4 Å². The van der Waals surface area contributed by atoms with Crippen LogP contribution >= 0.6 is 0 Å². The fraction of sp³-hybridized carbons (Fsp3) is 0.372. The number of piperidine rings is 1. The molecule has 0 spiro atoms. The van der Waals surface area contributed by atoms with E-state index in [1.807, 2.05) is 12.1 Å². The second kappa shape index (κ2) is 18.3. The van der Waals surface area contributed by atoms with Gasteiger partial charge in [0.1, 0.15) is 23.0 Å². The van der Waals surface area contributed by atoms with Crippen molar-refractivity contribution in [2.75, 3.05) is 78.5 Å². The maximum absolute atomic E-state index is 15.0. The molecule has 0 radical (unpaired) electrons. The van der Waals surface area contributed by atoms with Crippen molar-refractivity contribution in [3.05, 3.63) is 129 Å². The molecule has 13 nitrogen and oxygen atoms in total. The Morgan fingerprint density at radius 3 is 2.03 bits per heavy atom. The average molecular weight is 812 g/mol. The first-order valence-electron chi connectivity index (χ1n) is 19.9. The Hall–Kier alpha value is -6.00. The number of nitrogens with two attached hydrogens (primary N) is 2. The van der Waals surface area contributed by atoms with Gasteiger partial charge in [-0.05, 0) is 78.1 Å². The molecule has 59 heavy (non-hydrogen) atoms. The summed E-state index contributed by atoms with van der Waals surface area (Å²) >= 11 is 0. The number of allylic oxidation sites excluding steroid dienone is 2. The molecule has 3 amide bonds. The number of nitrogens with one attached hydrogen (secondary N) is 1. The van der Waals surface area contributed by atoms with Gasteiger partial charge in [0.2, 0.25) is 5.91 Å². The topological polar surface area (TPSA) is 165 Å². The lowest BCUT2D eigenvalue weighted by molar-refractivity contribution is -0.134. The van der Waals surface area contributed by atoms with Crippen molar-refractivity contribution >= 4 is 34.1 Å². The van der Waals surface area contributed by atoms with Crippen molar-refractivity contribution in [1.82, 2.24) is 34.7 Å². The predicted molar refractivity (Wildman–Crippen MR) is 217 cm³/mol. The van der Waals surface area contributed by atoms with Gasteiger partial charge in [0.15, 0.2) is 0 Å². The highest BCUT2D eigenvalue weighted by Gasteiger charge is 2.31. The van der Waals surface area contributed by atoms with Gasteiger partial charge in [0.05, 0.1) is 23.2 Å². The van der Waals surface area contributed by atoms with Gasteiger partial charge in [-0.1, -0.05) is 24.3 Å². The van der Waals surface area contributed by atoms with E-state index in [4.69, 9.17) is 11.5 Å². The Labute approximate surface area is 339 Å². The Bertz CT molecular complexity index is 2300. The Balaban J connectivity index is 0.836. The van der Waals surface area contributed by atoms with Crippen molar-refractivity contribution in [3.8, 4) is 0 Å². The molecule has 4 heterocycles. The van der Waals surface area contributed by atoms with E-state index in [1.54, 1.807) is 28.0 Å². The molecule has 1 aromatic heterocycles. The van der Waals surface area contributed by atoms with Crippen molar-refractivity contribution in [1.29, 1.82) is 0 Å². The highest BCUT2D eigenvalue weighted by Crippen LogP contribution is 2.26. The van der Waals surface area contributed by atoms with E-state index >= 15 is 0 Å². The first-order chi connectivity index (χ1) is 28.5. The minimum Gasteiger partial charge on any atom is -0.405 e. The lowest BCUT2D eigenvalue weighted by Gasteiger charge is -2.40. The van der Waals surface area contributed by atoms with Gasteiger partial charge in [0.25, 0.3) is 17.4 Å². The Morgan fingerprint density at radius 2 is 1.37 bits per heavy atom. The third-order valence-electron chi connectivity index (χ3n) is 11.6. The smallest absolute Gasteiger partial charge is 0.272 e. The maximum atomic E-state index is 15.0. The summed E-state index contributed by atoms with van der Waals surface area (Å²) in [6.07, 6.45) is 5.54. The number of hydrogen-bond acceptors (Lipinski definition) is 9. The monoisotopic (exact) mass is 811 g/mol. The van der Waals surface area contributed by atoms with E-state index in [9.17, 15) is 32.3 Å². The quantitative estimate of drug-likeness (QED) is 0.204. The molecule has 0 saturated carbocycles. The number of likely N-dealkylation sites (tertiary alicyclic amines) is 1. The molecule has 3 fully saturated rings. The second-order valence-electron chi connectivity index (χ2n) is 15.3. The number of benzene rings is 3. The molecule has 3 aromatic carbocycles. The summed E-state index contributed by atoms with van der Waals surface area (Å²) in [5.41, 5.74) is 11.8. The van der Waals surface area contributed by atoms with Crippen molar-refractivity contribution < 1.29 is 27.6 Å². The van der Waals surface area contributed by atoms with E-state index < -0.39 is 34.8 Å². The highest BCUT2D eigenvalue weighted by atomic mass is 19.1. The zero-order chi connectivity index (χ0) is 41.6. The van der Waals surface area contributed by atoms with Crippen molar-refractivity contribution in [2.24, 2.45) is 17.4 Å². The number of aromatic amines is 1. The normalized spacial score (nSPS) is 17.6. The molecule has 16 heteroatoms. The largest absolute Gasteiger partial charge is 0.405 e. The number of amides is 3. The summed E-state index contributed by atoms with van der Waals surface area (Å²) in [6.45, 7) is 6.20. The van der Waals surface area contributed by atoms with Crippen LogP contribution in [-0.2, 0) is 11.2 Å². The van der Waals surface area contributed by atoms with Crippen LogP contribution in [0.15, 0.2) is 77.9 Å². The number of halogens is 3. The number of fused-ring (bicyclic) bond motifs is 1. The lowest BCUT2D eigenvalue weighted by atomic mass is 9.95. The summed E-state index contributed by atoms with van der Waals surface area (Å²) in [5.74, 6) is -3.32. The third kappa shape index (κ3) is 9.34. The fourth-order valence-electron chi connectivity index (χ4n) is 8.23. The molecule has 0 bridgehead atoms. The molecule has 310 valence electrons. The summed E-state index contributed by atoms with van der Waals surface area (Å²) < 4.78 is 45.0. The van der Waals surface area contributed by atoms with Gasteiger partial charge in [-0.2, -0.15) is 5.10 Å². The van der Waals surface area contributed by atoms with Crippen molar-refractivity contribution in [3.63, 3.8) is 0 Å². The van der Waals surface area contributed by atoms with Crippen LogP contribution in [0.25, 0.3) is 16.3 Å². The molecule has 0 unspecified atom stereocenters. The Morgan fingerprint density at radius 1 is 0.746 bits per heavy atom. The Kier molecular flexibility index (Phi) is 12.8. The van der Waals surface area contributed by atoms with Crippen LogP contribution in [0.2, 0.25) is 0 Å². The fourth-order valence-corrected chi connectivity index (χ4v) is 8.23. The molecule has 3 aliphatic rings. The number of carbonyl (C=O) groups is 3. The van der Waals surface area contributed by atoms with Crippen LogP contribution in [0.4, 0.5) is 13.2 Å². The minimum absolute atomic E-state index is 0.0115. The number of aromatic nitrogens is 2. The van der Waals surface area contributed by atoms with Crippen LogP contribution < -0.4 is 17.0 Å². The van der Waals surface area contributed by atoms with Crippen molar-refractivity contribution in [2.45, 2.75) is 19.3 Å². The zero-order valence-corrected chi connectivity index (χ0v) is 32.7. The third-order valence-corrected chi connectivity index (χ3v) is 11.6. The van der Waals surface area contributed by atoms with Gasteiger partial charge in [-0.25, -0.2) is 18.3 Å². The van der Waals surface area contributed by atoms with Crippen LogP contribution in [-0.4, -0.2) is 131 Å². The van der Waals surface area contributed by atoms with Crippen LogP contribution in [0.3, 0.4) is 0 Å². The van der Waals surface area contributed by atoms with E-state index in [1.165, 1.54) is 35.5 Å². The molecule has 5 N–H and O–H groups in total. The molecule has 4 aromatic rings. The maximum Gasteiger partial charge on any atom is 0.272 e. The molecule has 7 rings (SSSR count). The first-order valence-corrected chi connectivity index (χ1v) is 19.9. The highest BCUT2D eigenvalue weighted by molar-refractivity contribution is 5.96. The number of carbonyl (C=O) groups excluding carboxylic acids is 3. The second-order valence-corrected chi connectivity index (χ2v) is 15.3. The summed E-state index contributed by atoms with van der Waals surface area (Å²) in [6, 6.07) is 13.7. The zero-order valence-electron chi connectivity index (χ0n) is 32.7. The molecule has 3 saturated heterocycles. The summed E-state index contributed by atoms with van der Waals surface area (Å²) in [4.78, 5) is 61.5. The van der Waals surface area contributed by atoms with E-state index in [-0.39, 0.29) is 42.2 Å². The van der Waals surface area contributed by atoms with E-state index in [0.717, 1.165) is 44.9 Å². The molecule has 0 aliphatic carbocycles. The summed E-state index contributed by atoms with van der Waals surface area (Å²) in [7, 11) is 0. The molecular weight excluding hydrogens is 764 g/mol. The van der Waals surface area contributed by atoms with Gasteiger partial charge in [-0.15, -0.1) is 0 Å². The standard InChI is InChI=1S/C43H48F3N9O4/c44-35-6-5-29(22-38-32-3-1-2-4-33(32)41(57)50-49-38)21-34(35)42(58)55-19-17-53(18-20-55)39(56)27-52-15-13-51(14-16-52)26-28-8-11-54(12-9-28)43(59)40-36(45)23-31(24-37(40)46)30(25-48)7-10-47/h1-7,10,21,23-25,28H,8-9,11-20,22,26-27,47-48H2,(H,50,57)/b10-7-,30-25+. The van der Waals surface area contributed by atoms with Crippen LogP contribution in [0.5, 0.6) is 0 Å². The minimum atomic E-state index is -0.950. The summed E-state index contributed by atoms with van der Waals surface area (Å²) in [5, 5.41) is 7.91. The number of nitrogens with zero attached hydrogens (tertiary/aromatic N) is 6. The number of piperazine rings is 2. The predicted octanol–water partition coefficient (Wildman–Crippen LogP) is 3.16. The number of H-pyrrole nitrogens is 1.